The van der Waals surface area contributed by atoms with Crippen LogP contribution in [0.25, 0.3) is 0 Å². The molecule has 4 nitrogen and oxygen atoms in total. The Labute approximate surface area is 102 Å². The van der Waals surface area contributed by atoms with Crippen molar-refractivity contribution in [3.63, 3.8) is 0 Å². The van der Waals surface area contributed by atoms with Gasteiger partial charge in [0.2, 0.25) is 0 Å². The number of hydrogen-bond donors (Lipinski definition) is 0. The lowest BCUT2D eigenvalue weighted by Gasteiger charge is -2.04. The monoisotopic (exact) mass is 282 g/mol. The molecule has 0 aliphatic heterocycles. The van der Waals surface area contributed by atoms with Gasteiger partial charge in [0.25, 0.3) is 5.89 Å². The van der Waals surface area contributed by atoms with E-state index in [0.717, 1.165) is 15.8 Å². The number of nitrogens with zero attached hydrogens (tertiary/aromatic N) is 2. The highest BCUT2D eigenvalue weighted by Gasteiger charge is 2.04. The van der Waals surface area contributed by atoms with E-state index in [1.54, 1.807) is 6.92 Å². The molecule has 0 amide bonds. The summed E-state index contributed by atoms with van der Waals surface area (Å²) in [7, 11) is 0. The normalized spacial score (nSPS) is 10.4. The fraction of sp³-hybridized carbons (Fsp3) is 0.273. The molecule has 1 heterocycles. The summed E-state index contributed by atoms with van der Waals surface area (Å²) in [5, 5.41) is 3.69. The SMILES string of the molecule is Cc1noc(COc2ccc(Br)c(C)c2)n1. The molecular weight excluding hydrogens is 272 g/mol. The van der Waals surface area contributed by atoms with E-state index < -0.39 is 0 Å². The van der Waals surface area contributed by atoms with Gasteiger partial charge in [0.1, 0.15) is 5.75 Å². The number of ether oxygens (including phenoxy) is 1. The zero-order chi connectivity index (χ0) is 11.5. The van der Waals surface area contributed by atoms with Crippen LogP contribution in [-0.2, 0) is 6.61 Å². The van der Waals surface area contributed by atoms with Crippen molar-refractivity contribution in [3.05, 3.63) is 40.0 Å². The third-order valence-corrected chi connectivity index (χ3v) is 2.95. The second-order valence-electron chi connectivity index (χ2n) is 3.43. The standard InChI is InChI=1S/C11H11BrN2O2/c1-7-5-9(3-4-10(7)12)15-6-11-13-8(2)14-16-11/h3-5H,6H2,1-2H3. The molecule has 0 bridgehead atoms. The van der Waals surface area contributed by atoms with Crippen molar-refractivity contribution in [2.75, 3.05) is 0 Å². The molecule has 16 heavy (non-hydrogen) atoms. The summed E-state index contributed by atoms with van der Waals surface area (Å²) in [4.78, 5) is 4.05. The zero-order valence-electron chi connectivity index (χ0n) is 9.03. The van der Waals surface area contributed by atoms with E-state index in [-0.39, 0.29) is 0 Å². The summed E-state index contributed by atoms with van der Waals surface area (Å²) in [6.07, 6.45) is 0. The van der Waals surface area contributed by atoms with Gasteiger partial charge in [-0.1, -0.05) is 21.1 Å². The van der Waals surface area contributed by atoms with Crippen molar-refractivity contribution in [1.29, 1.82) is 0 Å². The number of aromatic nitrogens is 2. The molecule has 0 aliphatic carbocycles. The molecule has 2 aromatic rings. The fourth-order valence-electron chi connectivity index (χ4n) is 1.25. The summed E-state index contributed by atoms with van der Waals surface area (Å²) in [6, 6.07) is 5.79. The summed E-state index contributed by atoms with van der Waals surface area (Å²) in [5.41, 5.74) is 1.12. The molecule has 0 N–H and O–H groups in total. The Morgan fingerprint density at radius 2 is 2.19 bits per heavy atom. The van der Waals surface area contributed by atoms with Gasteiger partial charge < -0.3 is 9.26 Å². The highest BCUT2D eigenvalue weighted by molar-refractivity contribution is 9.10. The smallest absolute Gasteiger partial charge is 0.264 e. The minimum atomic E-state index is 0.294. The maximum atomic E-state index is 5.52. The molecule has 0 unspecified atom stereocenters. The Kier molecular flexibility index (Phi) is 3.24. The molecule has 0 spiro atoms. The summed E-state index contributed by atoms with van der Waals surface area (Å²) in [5.74, 6) is 1.89. The van der Waals surface area contributed by atoms with Gasteiger partial charge in [-0.15, -0.1) is 0 Å². The molecule has 0 aliphatic rings. The number of hydrogen-bond acceptors (Lipinski definition) is 4. The summed E-state index contributed by atoms with van der Waals surface area (Å²) in [6.45, 7) is 4.08. The quantitative estimate of drug-likeness (QED) is 0.868. The lowest BCUT2D eigenvalue weighted by Crippen LogP contribution is -1.96. The van der Waals surface area contributed by atoms with Crippen LogP contribution in [0.1, 0.15) is 17.3 Å². The Bertz CT molecular complexity index is 496. The maximum Gasteiger partial charge on any atom is 0.264 e. The van der Waals surface area contributed by atoms with Crippen LogP contribution in [0.15, 0.2) is 27.2 Å². The van der Waals surface area contributed by atoms with E-state index >= 15 is 0 Å². The Morgan fingerprint density at radius 1 is 1.38 bits per heavy atom. The third kappa shape index (κ3) is 2.61. The molecule has 1 aromatic heterocycles. The van der Waals surface area contributed by atoms with Crippen molar-refractivity contribution in [1.82, 2.24) is 10.1 Å². The van der Waals surface area contributed by atoms with Crippen LogP contribution in [0.2, 0.25) is 0 Å². The van der Waals surface area contributed by atoms with Crippen LogP contribution >= 0.6 is 15.9 Å². The number of halogens is 1. The molecule has 0 radical (unpaired) electrons. The lowest BCUT2D eigenvalue weighted by molar-refractivity contribution is 0.242. The van der Waals surface area contributed by atoms with Gasteiger partial charge >= 0.3 is 0 Å². The average molecular weight is 283 g/mol. The van der Waals surface area contributed by atoms with Crippen LogP contribution in [0.5, 0.6) is 5.75 Å². The van der Waals surface area contributed by atoms with E-state index in [2.05, 4.69) is 26.1 Å². The molecule has 0 saturated heterocycles. The molecule has 5 heteroatoms. The van der Waals surface area contributed by atoms with Crippen molar-refractivity contribution < 1.29 is 9.26 Å². The lowest BCUT2D eigenvalue weighted by atomic mass is 10.2. The van der Waals surface area contributed by atoms with Gasteiger partial charge in [-0.05, 0) is 37.6 Å². The van der Waals surface area contributed by atoms with E-state index in [4.69, 9.17) is 9.26 Å². The Hall–Kier alpha value is -1.36. The fourth-order valence-corrected chi connectivity index (χ4v) is 1.50. The number of rotatable bonds is 3. The maximum absolute atomic E-state index is 5.52. The summed E-state index contributed by atoms with van der Waals surface area (Å²) >= 11 is 3.43. The highest BCUT2D eigenvalue weighted by Crippen LogP contribution is 2.22. The van der Waals surface area contributed by atoms with Gasteiger partial charge in [-0.3, -0.25) is 0 Å². The molecule has 0 fully saturated rings. The minimum Gasteiger partial charge on any atom is -0.484 e. The predicted molar refractivity (Wildman–Crippen MR) is 62.2 cm³/mol. The van der Waals surface area contributed by atoms with Gasteiger partial charge in [0.15, 0.2) is 12.4 Å². The molecule has 1 aromatic carbocycles. The average Bonchev–Trinajstić information content (AvgIpc) is 2.66. The highest BCUT2D eigenvalue weighted by atomic mass is 79.9. The first-order valence-electron chi connectivity index (χ1n) is 4.83. The molecule has 84 valence electrons. The van der Waals surface area contributed by atoms with Crippen LogP contribution < -0.4 is 4.74 Å². The second kappa shape index (κ2) is 4.65. The Morgan fingerprint density at radius 3 is 2.81 bits per heavy atom. The molecular formula is C11H11BrN2O2. The first kappa shape index (κ1) is 11.1. The van der Waals surface area contributed by atoms with Crippen molar-refractivity contribution >= 4 is 15.9 Å². The van der Waals surface area contributed by atoms with Crippen LogP contribution in [-0.4, -0.2) is 10.1 Å². The van der Waals surface area contributed by atoms with Gasteiger partial charge in [0, 0.05) is 4.47 Å². The van der Waals surface area contributed by atoms with Gasteiger partial charge in [-0.2, -0.15) is 4.98 Å². The second-order valence-corrected chi connectivity index (χ2v) is 4.29. The number of aryl methyl sites for hydroxylation is 2. The van der Waals surface area contributed by atoms with E-state index in [1.165, 1.54) is 0 Å². The first-order chi connectivity index (χ1) is 7.65. The van der Waals surface area contributed by atoms with Crippen LogP contribution in [0, 0.1) is 13.8 Å². The van der Waals surface area contributed by atoms with Gasteiger partial charge in [-0.25, -0.2) is 0 Å². The summed E-state index contributed by atoms with van der Waals surface area (Å²) < 4.78 is 11.5. The molecule has 0 saturated carbocycles. The number of benzene rings is 1. The van der Waals surface area contributed by atoms with Gasteiger partial charge in [0.05, 0.1) is 0 Å². The Balaban J connectivity index is 2.02. The van der Waals surface area contributed by atoms with Crippen molar-refractivity contribution in [2.24, 2.45) is 0 Å². The molecule has 2 rings (SSSR count). The van der Waals surface area contributed by atoms with Crippen LogP contribution in [0.4, 0.5) is 0 Å². The van der Waals surface area contributed by atoms with Crippen molar-refractivity contribution in [2.45, 2.75) is 20.5 Å². The molecule has 0 atom stereocenters. The van der Waals surface area contributed by atoms with E-state index in [9.17, 15) is 0 Å². The van der Waals surface area contributed by atoms with Crippen molar-refractivity contribution in [3.8, 4) is 5.75 Å². The minimum absolute atomic E-state index is 0.294. The van der Waals surface area contributed by atoms with Crippen LogP contribution in [0.3, 0.4) is 0 Å². The zero-order valence-corrected chi connectivity index (χ0v) is 10.6. The predicted octanol–water partition coefficient (Wildman–Crippen LogP) is 3.03. The topological polar surface area (TPSA) is 48.2 Å². The van der Waals surface area contributed by atoms with E-state index in [1.807, 2.05) is 25.1 Å². The largest absolute Gasteiger partial charge is 0.484 e. The van der Waals surface area contributed by atoms with E-state index in [0.29, 0.717) is 18.3 Å². The third-order valence-electron chi connectivity index (χ3n) is 2.06. The first-order valence-corrected chi connectivity index (χ1v) is 5.62.